The monoisotopic (exact) mass is 239 g/mol. The van der Waals surface area contributed by atoms with Crippen LogP contribution in [0.25, 0.3) is 0 Å². The largest absolute Gasteiger partial charge is 0.378 e. The number of hydrogen-bond donors (Lipinski definition) is 0. The standard InChI is InChI=1S/C14H25NO2/c1-2-17-13-7-10-15(11-8-13)9-6-12-4-3-5-14(12)16/h12-13H,2-11H2,1H3. The van der Waals surface area contributed by atoms with Crippen LogP contribution in [-0.4, -0.2) is 43.0 Å². The molecule has 17 heavy (non-hydrogen) atoms. The van der Waals surface area contributed by atoms with E-state index in [4.69, 9.17) is 4.74 Å². The van der Waals surface area contributed by atoms with Crippen LogP contribution in [0.15, 0.2) is 0 Å². The lowest BCUT2D eigenvalue weighted by Gasteiger charge is -2.32. The normalized spacial score (nSPS) is 27.8. The highest BCUT2D eigenvalue weighted by Crippen LogP contribution is 2.25. The van der Waals surface area contributed by atoms with Gasteiger partial charge in [-0.15, -0.1) is 0 Å². The topological polar surface area (TPSA) is 29.5 Å². The predicted molar refractivity (Wildman–Crippen MR) is 68.1 cm³/mol. The van der Waals surface area contributed by atoms with E-state index in [9.17, 15) is 4.79 Å². The molecule has 1 aliphatic heterocycles. The fourth-order valence-corrected chi connectivity index (χ4v) is 3.07. The summed E-state index contributed by atoms with van der Waals surface area (Å²) in [4.78, 5) is 14.0. The van der Waals surface area contributed by atoms with Gasteiger partial charge in [0.2, 0.25) is 0 Å². The van der Waals surface area contributed by atoms with E-state index in [0.29, 0.717) is 17.8 Å². The Hall–Kier alpha value is -0.410. The third-order valence-corrected chi connectivity index (χ3v) is 4.16. The molecule has 0 aromatic carbocycles. The number of carbonyl (C=O) groups excluding carboxylic acids is 1. The molecule has 1 unspecified atom stereocenters. The second-order valence-corrected chi connectivity index (χ2v) is 5.34. The Bertz CT molecular complexity index is 247. The van der Waals surface area contributed by atoms with E-state index in [1.807, 2.05) is 0 Å². The van der Waals surface area contributed by atoms with Crippen LogP contribution in [0.1, 0.15) is 45.4 Å². The molecule has 2 rings (SSSR count). The first-order chi connectivity index (χ1) is 8.29. The van der Waals surface area contributed by atoms with Gasteiger partial charge in [0.1, 0.15) is 5.78 Å². The van der Waals surface area contributed by atoms with Crippen LogP contribution in [-0.2, 0) is 9.53 Å². The Morgan fingerprint density at radius 2 is 2.06 bits per heavy atom. The van der Waals surface area contributed by atoms with Gasteiger partial charge >= 0.3 is 0 Å². The number of ether oxygens (including phenoxy) is 1. The van der Waals surface area contributed by atoms with Crippen molar-refractivity contribution in [2.45, 2.75) is 51.6 Å². The summed E-state index contributed by atoms with van der Waals surface area (Å²) in [5, 5.41) is 0. The van der Waals surface area contributed by atoms with Crippen LogP contribution >= 0.6 is 0 Å². The second kappa shape index (κ2) is 6.50. The minimum absolute atomic E-state index is 0.375. The molecule has 0 aromatic heterocycles. The van der Waals surface area contributed by atoms with Crippen LogP contribution in [0, 0.1) is 5.92 Å². The van der Waals surface area contributed by atoms with Gasteiger partial charge in [-0.3, -0.25) is 4.79 Å². The number of nitrogens with zero attached hydrogens (tertiary/aromatic N) is 1. The summed E-state index contributed by atoms with van der Waals surface area (Å²) in [5.74, 6) is 0.883. The Balaban J connectivity index is 1.63. The van der Waals surface area contributed by atoms with Crippen molar-refractivity contribution in [3.63, 3.8) is 0 Å². The summed E-state index contributed by atoms with van der Waals surface area (Å²) >= 11 is 0. The molecule has 98 valence electrons. The van der Waals surface area contributed by atoms with Crippen LogP contribution in [0.3, 0.4) is 0 Å². The van der Waals surface area contributed by atoms with E-state index < -0.39 is 0 Å². The Morgan fingerprint density at radius 3 is 2.65 bits per heavy atom. The Kier molecular flexibility index (Phi) is 4.99. The molecule has 2 aliphatic rings. The second-order valence-electron chi connectivity index (χ2n) is 5.34. The van der Waals surface area contributed by atoms with Crippen LogP contribution in [0.2, 0.25) is 0 Å². The van der Waals surface area contributed by atoms with Crippen LogP contribution in [0.5, 0.6) is 0 Å². The van der Waals surface area contributed by atoms with Crippen molar-refractivity contribution < 1.29 is 9.53 Å². The van der Waals surface area contributed by atoms with Gasteiger partial charge in [-0.2, -0.15) is 0 Å². The maximum atomic E-state index is 11.5. The molecule has 3 nitrogen and oxygen atoms in total. The molecule has 0 aromatic rings. The van der Waals surface area contributed by atoms with Gasteiger partial charge in [-0.05, 0) is 45.6 Å². The molecule has 0 spiro atoms. The molecule has 0 N–H and O–H groups in total. The highest BCUT2D eigenvalue weighted by molar-refractivity contribution is 5.82. The number of rotatable bonds is 5. The number of likely N-dealkylation sites (tertiary alicyclic amines) is 1. The zero-order valence-electron chi connectivity index (χ0n) is 11.0. The summed E-state index contributed by atoms with van der Waals surface area (Å²) in [6.07, 6.45) is 6.96. The van der Waals surface area contributed by atoms with Crippen molar-refractivity contribution in [2.75, 3.05) is 26.2 Å². The summed E-state index contributed by atoms with van der Waals surface area (Å²) < 4.78 is 5.65. The van der Waals surface area contributed by atoms with Gasteiger partial charge in [-0.25, -0.2) is 0 Å². The van der Waals surface area contributed by atoms with Crippen molar-refractivity contribution in [2.24, 2.45) is 5.92 Å². The third kappa shape index (κ3) is 3.78. The van der Waals surface area contributed by atoms with Gasteiger partial charge in [0.05, 0.1) is 6.10 Å². The van der Waals surface area contributed by atoms with Gasteiger partial charge in [0, 0.05) is 32.0 Å². The maximum Gasteiger partial charge on any atom is 0.136 e. The van der Waals surface area contributed by atoms with Gasteiger partial charge < -0.3 is 9.64 Å². The first kappa shape index (κ1) is 13.0. The number of ketones is 1. The lowest BCUT2D eigenvalue weighted by Crippen LogP contribution is -2.38. The van der Waals surface area contributed by atoms with Gasteiger partial charge in [0.15, 0.2) is 0 Å². The predicted octanol–water partition coefficient (Wildman–Crippen LogP) is 2.25. The van der Waals surface area contributed by atoms with E-state index in [2.05, 4.69) is 11.8 Å². The van der Waals surface area contributed by atoms with Crippen molar-refractivity contribution in [1.29, 1.82) is 0 Å². The molecule has 0 bridgehead atoms. The van der Waals surface area contributed by atoms with Gasteiger partial charge in [0.25, 0.3) is 0 Å². The smallest absolute Gasteiger partial charge is 0.136 e. The zero-order chi connectivity index (χ0) is 12.1. The highest BCUT2D eigenvalue weighted by Gasteiger charge is 2.25. The molecular weight excluding hydrogens is 214 g/mol. The average Bonchev–Trinajstić information content (AvgIpc) is 2.75. The van der Waals surface area contributed by atoms with Crippen molar-refractivity contribution in [3.05, 3.63) is 0 Å². The molecule has 3 heteroatoms. The minimum Gasteiger partial charge on any atom is -0.378 e. The summed E-state index contributed by atoms with van der Waals surface area (Å²) in [6, 6.07) is 0. The lowest BCUT2D eigenvalue weighted by molar-refractivity contribution is -0.120. The molecule has 0 amide bonds. The van der Waals surface area contributed by atoms with Crippen molar-refractivity contribution >= 4 is 5.78 Å². The molecule has 0 radical (unpaired) electrons. The highest BCUT2D eigenvalue weighted by atomic mass is 16.5. The number of hydrogen-bond acceptors (Lipinski definition) is 3. The fraction of sp³-hybridized carbons (Fsp3) is 0.929. The number of carbonyl (C=O) groups is 1. The molecular formula is C14H25NO2. The summed E-state index contributed by atoms with van der Waals surface area (Å²) in [5.41, 5.74) is 0. The molecule has 2 fully saturated rings. The van der Waals surface area contributed by atoms with Crippen LogP contribution in [0.4, 0.5) is 0 Å². The molecule has 1 saturated heterocycles. The lowest BCUT2D eigenvalue weighted by atomic mass is 10.0. The maximum absolute atomic E-state index is 11.5. The molecule has 1 heterocycles. The molecule has 1 saturated carbocycles. The number of Topliss-reactive ketones (excluding diaryl/α,β-unsaturated/α-hetero) is 1. The quantitative estimate of drug-likeness (QED) is 0.737. The van der Waals surface area contributed by atoms with Crippen LogP contribution < -0.4 is 0 Å². The Labute approximate surface area is 105 Å². The minimum atomic E-state index is 0.375. The number of piperidine rings is 1. The van der Waals surface area contributed by atoms with E-state index in [-0.39, 0.29) is 0 Å². The van der Waals surface area contributed by atoms with E-state index in [0.717, 1.165) is 64.8 Å². The van der Waals surface area contributed by atoms with E-state index in [1.54, 1.807) is 0 Å². The SMILES string of the molecule is CCOC1CCN(CCC2CCCC2=O)CC1. The average molecular weight is 239 g/mol. The van der Waals surface area contributed by atoms with E-state index in [1.165, 1.54) is 0 Å². The first-order valence-electron chi connectivity index (χ1n) is 7.16. The van der Waals surface area contributed by atoms with Crippen molar-refractivity contribution in [3.8, 4) is 0 Å². The zero-order valence-corrected chi connectivity index (χ0v) is 11.0. The van der Waals surface area contributed by atoms with Gasteiger partial charge in [-0.1, -0.05) is 0 Å². The summed E-state index contributed by atoms with van der Waals surface area (Å²) in [7, 11) is 0. The Morgan fingerprint density at radius 1 is 1.29 bits per heavy atom. The third-order valence-electron chi connectivity index (χ3n) is 4.16. The first-order valence-corrected chi connectivity index (χ1v) is 7.16. The fourth-order valence-electron chi connectivity index (χ4n) is 3.07. The summed E-state index contributed by atoms with van der Waals surface area (Å²) in [6.45, 7) is 6.30. The molecule has 1 atom stereocenters. The van der Waals surface area contributed by atoms with E-state index >= 15 is 0 Å². The van der Waals surface area contributed by atoms with Crippen molar-refractivity contribution in [1.82, 2.24) is 4.90 Å². The molecule has 1 aliphatic carbocycles.